The lowest BCUT2D eigenvalue weighted by Crippen LogP contribution is -2.54. The van der Waals surface area contributed by atoms with E-state index in [4.69, 9.17) is 4.74 Å². The molecular weight excluding hydrogens is 385 g/mol. The second-order valence-electron chi connectivity index (χ2n) is 7.42. The third-order valence-corrected chi connectivity index (χ3v) is 5.21. The van der Waals surface area contributed by atoms with Crippen molar-refractivity contribution in [3.63, 3.8) is 0 Å². The molecule has 0 aromatic carbocycles. The van der Waals surface area contributed by atoms with Crippen LogP contribution < -0.4 is 10.4 Å². The molecule has 29 heavy (non-hydrogen) atoms. The molecule has 0 radical (unpaired) electrons. The fraction of sp³-hybridized carbons (Fsp3) is 0.474. The molecule has 0 aliphatic carbocycles. The molecule has 2 aromatic rings. The van der Waals surface area contributed by atoms with Gasteiger partial charge in [-0.2, -0.15) is 13.2 Å². The van der Waals surface area contributed by atoms with E-state index in [9.17, 15) is 13.2 Å². The van der Waals surface area contributed by atoms with Gasteiger partial charge in [0.15, 0.2) is 11.2 Å². The summed E-state index contributed by atoms with van der Waals surface area (Å²) >= 11 is 0. The molecule has 7 nitrogen and oxygen atoms in total. The number of halogens is 3. The predicted octanol–water partition coefficient (Wildman–Crippen LogP) is 2.40. The van der Waals surface area contributed by atoms with Crippen LogP contribution in [0.15, 0.2) is 42.4 Å². The Hall–Kier alpha value is -2.75. The highest BCUT2D eigenvalue weighted by atomic mass is 19.4. The first-order chi connectivity index (χ1) is 13.9. The van der Waals surface area contributed by atoms with Crippen molar-refractivity contribution < 1.29 is 17.9 Å². The molecule has 2 aromatic heterocycles. The van der Waals surface area contributed by atoms with Crippen molar-refractivity contribution in [3.8, 4) is 0 Å². The van der Waals surface area contributed by atoms with E-state index in [0.29, 0.717) is 5.82 Å². The summed E-state index contributed by atoms with van der Waals surface area (Å²) in [5, 5.41) is 0. The average Bonchev–Trinajstić information content (AvgIpc) is 2.68. The third kappa shape index (κ3) is 4.16. The van der Waals surface area contributed by atoms with Gasteiger partial charge in [-0.25, -0.2) is 19.9 Å². The largest absolute Gasteiger partial charge is 0.434 e. The van der Waals surface area contributed by atoms with Crippen molar-refractivity contribution in [2.75, 3.05) is 31.2 Å². The van der Waals surface area contributed by atoms with Gasteiger partial charge < -0.3 is 14.2 Å². The van der Waals surface area contributed by atoms with Crippen LogP contribution in [0.5, 0.6) is 0 Å². The molecule has 10 heteroatoms. The van der Waals surface area contributed by atoms with Gasteiger partial charge in [-0.3, -0.25) is 0 Å². The normalized spacial score (nSPS) is 19.3. The maximum Gasteiger partial charge on any atom is 0.434 e. The van der Waals surface area contributed by atoms with E-state index in [1.165, 1.54) is 10.8 Å². The fourth-order valence-electron chi connectivity index (χ4n) is 3.75. The maximum absolute atomic E-state index is 13.1. The van der Waals surface area contributed by atoms with Crippen molar-refractivity contribution in [3.05, 3.63) is 54.4 Å². The van der Waals surface area contributed by atoms with Gasteiger partial charge in [0.25, 0.3) is 0 Å². The predicted molar refractivity (Wildman–Crippen MR) is 98.8 cm³/mol. The number of piperidine rings is 1. The summed E-state index contributed by atoms with van der Waals surface area (Å²) in [4.78, 5) is 18.5. The first kappa shape index (κ1) is 19.6. The van der Waals surface area contributed by atoms with E-state index in [2.05, 4.69) is 31.4 Å². The second-order valence-corrected chi connectivity index (χ2v) is 7.42. The van der Waals surface area contributed by atoms with Gasteiger partial charge in [0.05, 0.1) is 26.0 Å². The Morgan fingerprint density at radius 2 is 2.14 bits per heavy atom. The number of hydrogen-bond acceptors (Lipinski definition) is 6. The monoisotopic (exact) mass is 406 g/mol. The van der Waals surface area contributed by atoms with E-state index in [1.807, 2.05) is 6.07 Å². The number of hydrogen-bond donors (Lipinski definition) is 0. The highest BCUT2D eigenvalue weighted by Gasteiger charge is 2.42. The van der Waals surface area contributed by atoms with Gasteiger partial charge in [0, 0.05) is 37.1 Å². The quantitative estimate of drug-likeness (QED) is 0.780. The van der Waals surface area contributed by atoms with Crippen LogP contribution in [0.1, 0.15) is 24.4 Å². The molecule has 4 rings (SSSR count). The van der Waals surface area contributed by atoms with Crippen LogP contribution in [0.2, 0.25) is 0 Å². The Morgan fingerprint density at radius 3 is 2.83 bits per heavy atom. The van der Waals surface area contributed by atoms with E-state index < -0.39 is 11.9 Å². The molecule has 2 aliphatic heterocycles. The van der Waals surface area contributed by atoms with E-state index in [0.717, 1.165) is 57.4 Å². The zero-order valence-electron chi connectivity index (χ0n) is 15.8. The molecule has 2 saturated heterocycles. The smallest absolute Gasteiger partial charge is 0.380 e. The molecule has 1 spiro atoms. The number of ether oxygens (including phenoxy) is 1. The minimum Gasteiger partial charge on any atom is -0.380 e. The summed E-state index contributed by atoms with van der Waals surface area (Å²) < 4.78 is 45.9. The maximum atomic E-state index is 13.1. The molecule has 0 amide bonds. The molecule has 154 valence electrons. The first-order valence-corrected chi connectivity index (χ1v) is 9.32. The number of alkyl halides is 3. The first-order valence-electron chi connectivity index (χ1n) is 9.32. The van der Waals surface area contributed by atoms with Crippen molar-refractivity contribution in [1.29, 1.82) is 0 Å². The highest BCUT2D eigenvalue weighted by Crippen LogP contribution is 2.38. The molecule has 2 aliphatic rings. The topological polar surface area (TPSA) is 68.4 Å². The molecule has 0 unspecified atom stereocenters. The summed E-state index contributed by atoms with van der Waals surface area (Å²) in [6, 6.07) is 1.83. The molecule has 0 N–H and O–H groups in total. The van der Waals surface area contributed by atoms with Crippen molar-refractivity contribution in [2.24, 2.45) is 10.4 Å². The lowest BCUT2D eigenvalue weighted by atomic mass is 9.78. The van der Waals surface area contributed by atoms with Crippen LogP contribution in [0.3, 0.4) is 0 Å². The van der Waals surface area contributed by atoms with E-state index in [-0.39, 0.29) is 17.4 Å². The van der Waals surface area contributed by atoms with Crippen molar-refractivity contribution in [2.45, 2.75) is 25.6 Å². The number of rotatable bonds is 4. The van der Waals surface area contributed by atoms with Crippen molar-refractivity contribution in [1.82, 2.24) is 19.5 Å². The van der Waals surface area contributed by atoms with Gasteiger partial charge in [-0.05, 0) is 18.9 Å². The molecule has 0 saturated carbocycles. The Kier molecular flexibility index (Phi) is 5.12. The van der Waals surface area contributed by atoms with Crippen LogP contribution in [-0.2, 0) is 17.5 Å². The van der Waals surface area contributed by atoms with Crippen LogP contribution in [0.4, 0.5) is 19.0 Å². The lowest BCUT2D eigenvalue weighted by molar-refractivity contribution is -0.141. The van der Waals surface area contributed by atoms with Crippen LogP contribution in [-0.4, -0.2) is 45.8 Å². The fourth-order valence-corrected chi connectivity index (χ4v) is 3.75. The van der Waals surface area contributed by atoms with Crippen molar-refractivity contribution >= 4 is 5.82 Å². The molecule has 0 bridgehead atoms. The van der Waals surface area contributed by atoms with Gasteiger partial charge >= 0.3 is 6.18 Å². The molecule has 0 atom stereocenters. The summed E-state index contributed by atoms with van der Waals surface area (Å²) in [7, 11) is 0. The number of aromatic nitrogens is 4. The summed E-state index contributed by atoms with van der Waals surface area (Å²) in [5.41, 5.74) is -0.564. The Balaban J connectivity index is 1.61. The molecule has 4 heterocycles. The summed E-state index contributed by atoms with van der Waals surface area (Å²) in [5.74, 6) is 1.17. The van der Waals surface area contributed by atoms with Gasteiger partial charge in [0.2, 0.25) is 0 Å². The van der Waals surface area contributed by atoms with Gasteiger partial charge in [0.1, 0.15) is 11.6 Å². The van der Waals surface area contributed by atoms with Gasteiger partial charge in [-0.15, -0.1) is 0 Å². The Bertz CT molecular complexity index is 967. The zero-order chi connectivity index (χ0) is 20.5. The Labute approximate surface area is 165 Å². The summed E-state index contributed by atoms with van der Waals surface area (Å²) in [6.07, 6.45) is 2.52. The standard InChI is InChI=1S/C19H21F3N6O/c1-2-23-17-8-25-14(19(20,21)22)9-28(17)10-15-24-6-4-16(26-15)27-7-3-5-18(11-27)12-29-13-18/h2,4,6,8-9H,1,3,5,7,10-13H2. The van der Waals surface area contributed by atoms with Gasteiger partial charge in [-0.1, -0.05) is 6.58 Å². The lowest BCUT2D eigenvalue weighted by Gasteiger charge is -2.48. The van der Waals surface area contributed by atoms with Crippen LogP contribution in [0, 0.1) is 5.41 Å². The van der Waals surface area contributed by atoms with Crippen LogP contribution >= 0.6 is 0 Å². The third-order valence-electron chi connectivity index (χ3n) is 5.21. The van der Waals surface area contributed by atoms with E-state index in [1.54, 1.807) is 6.20 Å². The molecule has 2 fully saturated rings. The zero-order valence-corrected chi connectivity index (χ0v) is 15.8. The number of anilines is 1. The average molecular weight is 406 g/mol. The minimum atomic E-state index is -4.55. The summed E-state index contributed by atoms with van der Waals surface area (Å²) in [6.45, 7) is 6.81. The van der Waals surface area contributed by atoms with E-state index >= 15 is 0 Å². The SMILES string of the molecule is C=CN=c1cnc(C(F)(F)F)cn1Cc1nccc(N2CCCC3(COC3)C2)n1. The Morgan fingerprint density at radius 1 is 1.31 bits per heavy atom. The van der Waals surface area contributed by atoms with Crippen LogP contribution in [0.25, 0.3) is 0 Å². The molecular formula is C19H21F3N6O. The minimum absolute atomic E-state index is 0.0359. The number of nitrogens with zero attached hydrogens (tertiary/aromatic N) is 6. The second kappa shape index (κ2) is 7.58. The highest BCUT2D eigenvalue weighted by molar-refractivity contribution is 5.39.